The molecular weight excluding hydrogens is 726 g/mol. The number of aromatic nitrogens is 5. The molecule has 2 fully saturated rings. The number of anilines is 2. The lowest BCUT2D eigenvalue weighted by Crippen LogP contribution is -2.47. The van der Waals surface area contributed by atoms with Gasteiger partial charge in [0.05, 0.1) is 35.6 Å². The predicted octanol–water partition coefficient (Wildman–Crippen LogP) is 6.91. The Kier molecular flexibility index (Phi) is 10.5. The Hall–Kier alpha value is -4.64. The molecule has 1 saturated heterocycles. The van der Waals surface area contributed by atoms with Crippen LogP contribution in [0.15, 0.2) is 24.5 Å². The molecule has 0 radical (unpaired) electrons. The van der Waals surface area contributed by atoms with Gasteiger partial charge in [0, 0.05) is 31.1 Å². The maximum atomic E-state index is 15.4. The van der Waals surface area contributed by atoms with E-state index in [-0.39, 0.29) is 47.9 Å². The second kappa shape index (κ2) is 14.5. The van der Waals surface area contributed by atoms with Crippen molar-refractivity contribution in [2.45, 2.75) is 97.6 Å². The van der Waals surface area contributed by atoms with Crippen LogP contribution >= 0.6 is 7.82 Å². The SMILES string of the molecule is CCOP(=O)(O)O[C@H](C)c1ncc(Oc2nc(N3C[C@H]4C[C@@H]3C[C@H]4NC(=O)OC(C)(C)C)c3c(n2)[nH]c2c(N(C)C(=O)OC(C)(C)C)cc(F)cc23)cn1. The summed E-state index contributed by atoms with van der Waals surface area (Å²) in [5.41, 5.74) is -0.452. The molecule has 5 atom stereocenters. The zero-order valence-corrected chi connectivity index (χ0v) is 32.6. The van der Waals surface area contributed by atoms with Crippen molar-refractivity contribution >= 4 is 53.5 Å². The summed E-state index contributed by atoms with van der Waals surface area (Å²) in [6, 6.07) is 2.38. The summed E-state index contributed by atoms with van der Waals surface area (Å²) in [5, 5.41) is 3.98. The van der Waals surface area contributed by atoms with Gasteiger partial charge in [-0.15, -0.1) is 0 Å². The number of piperidine rings is 1. The van der Waals surface area contributed by atoms with Crippen molar-refractivity contribution in [3.63, 3.8) is 0 Å². The van der Waals surface area contributed by atoms with Gasteiger partial charge < -0.3 is 34.3 Å². The fourth-order valence-corrected chi connectivity index (χ4v) is 7.62. The minimum absolute atomic E-state index is 0.0179. The van der Waals surface area contributed by atoms with Crippen molar-refractivity contribution in [2.75, 3.05) is 30.0 Å². The van der Waals surface area contributed by atoms with E-state index >= 15 is 4.39 Å². The molecule has 1 saturated carbocycles. The molecule has 2 bridgehead atoms. The minimum Gasteiger partial charge on any atom is -0.444 e. The molecule has 3 aromatic heterocycles. The number of amides is 2. The van der Waals surface area contributed by atoms with Gasteiger partial charge in [0.25, 0.3) is 0 Å². The summed E-state index contributed by atoms with van der Waals surface area (Å²) < 4.78 is 54.5. The van der Waals surface area contributed by atoms with E-state index in [9.17, 15) is 19.0 Å². The number of aromatic amines is 1. The second-order valence-electron chi connectivity index (χ2n) is 15.4. The molecule has 17 nitrogen and oxygen atoms in total. The number of halogens is 1. The van der Waals surface area contributed by atoms with Crippen LogP contribution in [-0.4, -0.2) is 85.5 Å². The number of phosphoric ester groups is 1. The van der Waals surface area contributed by atoms with Crippen molar-refractivity contribution in [1.29, 1.82) is 0 Å². The Bertz CT molecular complexity index is 2100. The van der Waals surface area contributed by atoms with Gasteiger partial charge in [-0.25, -0.2) is 28.5 Å². The van der Waals surface area contributed by atoms with Crippen LogP contribution < -0.4 is 19.9 Å². The van der Waals surface area contributed by atoms with Gasteiger partial charge in [-0.2, -0.15) is 9.97 Å². The highest BCUT2D eigenvalue weighted by Crippen LogP contribution is 2.48. The maximum absolute atomic E-state index is 15.4. The van der Waals surface area contributed by atoms with Crippen molar-refractivity contribution in [3.05, 3.63) is 36.2 Å². The molecule has 1 aliphatic heterocycles. The van der Waals surface area contributed by atoms with Crippen LogP contribution in [-0.2, 0) is 23.1 Å². The lowest BCUT2D eigenvalue weighted by atomic mass is 10.0. The zero-order chi connectivity index (χ0) is 39.3. The van der Waals surface area contributed by atoms with Gasteiger partial charge in [0.1, 0.15) is 34.6 Å². The van der Waals surface area contributed by atoms with Gasteiger partial charge in [0.15, 0.2) is 11.6 Å². The Labute approximate surface area is 311 Å². The van der Waals surface area contributed by atoms with E-state index in [0.717, 1.165) is 6.42 Å². The molecule has 1 aliphatic carbocycles. The van der Waals surface area contributed by atoms with Crippen molar-refractivity contribution < 1.29 is 46.7 Å². The van der Waals surface area contributed by atoms with Gasteiger partial charge >= 0.3 is 26.0 Å². The first-order valence-corrected chi connectivity index (χ1v) is 19.1. The topological polar surface area (TPSA) is 203 Å². The number of phosphoric acid groups is 1. The lowest BCUT2D eigenvalue weighted by molar-refractivity contribution is 0.0490. The average molecular weight is 773 g/mol. The van der Waals surface area contributed by atoms with E-state index in [1.807, 2.05) is 20.8 Å². The van der Waals surface area contributed by atoms with Gasteiger partial charge in [-0.1, -0.05) is 0 Å². The number of carbonyl (C=O) groups excluding carboxylic acids is 2. The molecule has 1 unspecified atom stereocenters. The molecular formula is C35H46FN8O9P. The Morgan fingerprint density at radius 2 is 1.80 bits per heavy atom. The molecule has 2 aliphatic rings. The third-order valence-electron chi connectivity index (χ3n) is 8.81. The number of nitrogens with one attached hydrogen (secondary N) is 2. The van der Waals surface area contributed by atoms with E-state index < -0.39 is 43.1 Å². The molecule has 0 spiro atoms. The van der Waals surface area contributed by atoms with Crippen LogP contribution in [0.4, 0.5) is 25.5 Å². The highest BCUT2D eigenvalue weighted by atomic mass is 31.2. The Balaban J connectivity index is 1.36. The number of ether oxygens (including phenoxy) is 3. The number of alkyl carbamates (subject to hydrolysis) is 1. The quantitative estimate of drug-likeness (QED) is 0.140. The van der Waals surface area contributed by atoms with Gasteiger partial charge in [0.2, 0.25) is 0 Å². The molecule has 292 valence electrons. The van der Waals surface area contributed by atoms with E-state index in [0.29, 0.717) is 40.7 Å². The number of nitrogens with zero attached hydrogens (tertiary/aromatic N) is 6. The van der Waals surface area contributed by atoms with Crippen LogP contribution in [0.5, 0.6) is 11.8 Å². The van der Waals surface area contributed by atoms with Crippen LogP contribution in [0, 0.1) is 11.7 Å². The van der Waals surface area contributed by atoms with Crippen LogP contribution in [0.1, 0.15) is 80.2 Å². The maximum Gasteiger partial charge on any atom is 0.472 e. The van der Waals surface area contributed by atoms with Crippen molar-refractivity contribution in [3.8, 4) is 11.8 Å². The summed E-state index contributed by atoms with van der Waals surface area (Å²) in [4.78, 5) is 60.1. The molecule has 6 rings (SSSR count). The van der Waals surface area contributed by atoms with Crippen molar-refractivity contribution in [1.82, 2.24) is 30.2 Å². The monoisotopic (exact) mass is 772 g/mol. The first-order valence-electron chi connectivity index (χ1n) is 17.6. The van der Waals surface area contributed by atoms with E-state index in [1.165, 1.54) is 43.4 Å². The van der Waals surface area contributed by atoms with E-state index in [2.05, 4.69) is 30.2 Å². The van der Waals surface area contributed by atoms with Crippen LogP contribution in [0.25, 0.3) is 21.9 Å². The highest BCUT2D eigenvalue weighted by molar-refractivity contribution is 7.47. The van der Waals surface area contributed by atoms with E-state index in [4.69, 9.17) is 28.2 Å². The number of H-pyrrole nitrogens is 1. The first-order chi connectivity index (χ1) is 25.2. The van der Waals surface area contributed by atoms with Gasteiger partial charge in [-0.05, 0) is 86.3 Å². The fraction of sp³-hybridized carbons (Fsp3) is 0.543. The standard InChI is InChI=1S/C35H46FN8O9P/c1-10-49-54(47,48)53-18(2)28-37-15-22(16-38-28)50-31-41-29-26(23-12-20(36)13-25(27(23)40-29)43(9)33(46)52-35(6,7)8)30(42-31)44-17-19-11-21(44)14-24(19)39-32(45)51-34(3,4)5/h12-13,15-16,18-19,21,24H,10-11,14,17H2,1-9H3,(H,39,45)(H,47,48)(H,40,41,42)/t18-,19-,21-,24-/m1/s1. The molecule has 4 aromatic rings. The number of fused-ring (bicyclic) bond motifs is 5. The molecule has 1 aromatic carbocycles. The van der Waals surface area contributed by atoms with E-state index in [1.54, 1.807) is 27.7 Å². The Morgan fingerprint density at radius 1 is 1.11 bits per heavy atom. The smallest absolute Gasteiger partial charge is 0.444 e. The summed E-state index contributed by atoms with van der Waals surface area (Å²) in [7, 11) is -2.81. The lowest BCUT2D eigenvalue weighted by Gasteiger charge is -2.33. The van der Waals surface area contributed by atoms with Crippen LogP contribution in [0.3, 0.4) is 0 Å². The summed E-state index contributed by atoms with van der Waals surface area (Å²) in [6.45, 7) is 14.2. The second-order valence-corrected chi connectivity index (χ2v) is 16.8. The number of hydrogen-bond donors (Lipinski definition) is 3. The number of benzene rings is 1. The normalized spacial score (nSPS) is 20.2. The minimum atomic E-state index is -4.30. The highest BCUT2D eigenvalue weighted by Gasteiger charge is 2.47. The van der Waals surface area contributed by atoms with Gasteiger partial charge in [-0.3, -0.25) is 13.9 Å². The average Bonchev–Trinajstić information content (AvgIpc) is 3.75. The molecule has 54 heavy (non-hydrogen) atoms. The van der Waals surface area contributed by atoms with Crippen LogP contribution in [0.2, 0.25) is 0 Å². The third kappa shape index (κ3) is 8.67. The molecule has 2 amide bonds. The Morgan fingerprint density at radius 3 is 2.41 bits per heavy atom. The zero-order valence-electron chi connectivity index (χ0n) is 31.7. The third-order valence-corrected chi connectivity index (χ3v) is 9.98. The number of hydrogen-bond acceptors (Lipinski definition) is 13. The number of carbonyl (C=O) groups is 2. The summed E-state index contributed by atoms with van der Waals surface area (Å²) in [6.07, 6.45) is 1.95. The summed E-state index contributed by atoms with van der Waals surface area (Å²) in [5.74, 6) is 0.226. The molecule has 19 heteroatoms. The molecule has 4 heterocycles. The largest absolute Gasteiger partial charge is 0.472 e. The first kappa shape index (κ1) is 39.1. The number of rotatable bonds is 10. The van der Waals surface area contributed by atoms with Crippen molar-refractivity contribution in [2.24, 2.45) is 5.92 Å². The molecule has 3 N–H and O–H groups in total. The predicted molar refractivity (Wildman–Crippen MR) is 196 cm³/mol. The fourth-order valence-electron chi connectivity index (χ4n) is 6.74. The summed E-state index contributed by atoms with van der Waals surface area (Å²) >= 11 is 0.